The van der Waals surface area contributed by atoms with E-state index >= 15 is 0 Å². The van der Waals surface area contributed by atoms with E-state index in [-0.39, 0.29) is 10.8 Å². The maximum Gasteiger partial charge on any atom is 0.175 e. The number of aromatic nitrogens is 2. The van der Waals surface area contributed by atoms with Crippen LogP contribution in [0.1, 0.15) is 5.69 Å². The van der Waals surface area contributed by atoms with Crippen molar-refractivity contribution in [3.05, 3.63) is 60.3 Å². The van der Waals surface area contributed by atoms with Crippen molar-refractivity contribution in [1.29, 1.82) is 0 Å². The van der Waals surface area contributed by atoms with Gasteiger partial charge in [-0.25, -0.2) is 13.1 Å². The van der Waals surface area contributed by atoms with E-state index in [0.717, 1.165) is 28.4 Å². The maximum absolute atomic E-state index is 11.6. The van der Waals surface area contributed by atoms with Gasteiger partial charge in [0.25, 0.3) is 0 Å². The van der Waals surface area contributed by atoms with Crippen LogP contribution in [-0.2, 0) is 15.7 Å². The van der Waals surface area contributed by atoms with E-state index in [9.17, 15) is 8.42 Å². The van der Waals surface area contributed by atoms with E-state index in [2.05, 4.69) is 5.10 Å². The zero-order valence-electron chi connectivity index (χ0n) is 13.8. The van der Waals surface area contributed by atoms with Gasteiger partial charge in [0.15, 0.2) is 9.84 Å². The van der Waals surface area contributed by atoms with Crippen molar-refractivity contribution in [3.8, 4) is 22.7 Å². The molecule has 0 aliphatic rings. The smallest absolute Gasteiger partial charge is 0.175 e. The van der Waals surface area contributed by atoms with Gasteiger partial charge in [0.05, 0.1) is 35.0 Å². The lowest BCUT2D eigenvalue weighted by Gasteiger charge is -2.09. The summed E-state index contributed by atoms with van der Waals surface area (Å²) in [6, 6.07) is 16.1. The maximum atomic E-state index is 11.6. The molecule has 3 aromatic rings. The molecule has 7 heteroatoms. The number of methoxy groups -OCH3 is 1. The Morgan fingerprint density at radius 2 is 1.72 bits per heavy atom. The first-order chi connectivity index (χ1) is 11.9. The Bertz CT molecular complexity index is 978. The van der Waals surface area contributed by atoms with E-state index < -0.39 is 9.84 Å². The predicted octanol–water partition coefficient (Wildman–Crippen LogP) is 3.69. The molecule has 0 saturated heterocycles. The van der Waals surface area contributed by atoms with Crippen LogP contribution in [0.2, 0.25) is 0 Å². The van der Waals surface area contributed by atoms with Gasteiger partial charge >= 0.3 is 0 Å². The number of benzene rings is 2. The van der Waals surface area contributed by atoms with Crippen LogP contribution in [0.3, 0.4) is 0 Å². The summed E-state index contributed by atoms with van der Waals surface area (Å²) in [5.74, 6) is 1.05. The van der Waals surface area contributed by atoms with Gasteiger partial charge in [-0.3, -0.25) is 0 Å². The van der Waals surface area contributed by atoms with Crippen molar-refractivity contribution >= 4 is 21.4 Å². The molecule has 0 unspecified atom stereocenters. The molecule has 0 atom stereocenters. The number of halogens is 1. The third-order valence-electron chi connectivity index (χ3n) is 3.79. The van der Waals surface area contributed by atoms with Crippen molar-refractivity contribution in [2.24, 2.45) is 0 Å². The second kappa shape index (κ2) is 6.90. The summed E-state index contributed by atoms with van der Waals surface area (Å²) in [4.78, 5) is 0.282. The van der Waals surface area contributed by atoms with Crippen LogP contribution < -0.4 is 4.74 Å². The van der Waals surface area contributed by atoms with Crippen molar-refractivity contribution < 1.29 is 13.2 Å². The molecule has 25 heavy (non-hydrogen) atoms. The molecule has 0 radical (unpaired) electrons. The first-order valence-corrected chi connectivity index (χ1v) is 9.95. The summed E-state index contributed by atoms with van der Waals surface area (Å²) >= 11 is 5.94. The molecular weight excluding hydrogens is 360 g/mol. The van der Waals surface area contributed by atoms with E-state index in [4.69, 9.17) is 16.3 Å². The summed E-state index contributed by atoms with van der Waals surface area (Å²) in [6.45, 7) is 0. The molecule has 0 spiro atoms. The number of rotatable bonds is 5. The molecular formula is C18H17ClN2O3S. The molecule has 130 valence electrons. The van der Waals surface area contributed by atoms with Crippen LogP contribution in [0.25, 0.3) is 16.9 Å². The van der Waals surface area contributed by atoms with Crippen molar-refractivity contribution in [3.63, 3.8) is 0 Å². The second-order valence-electron chi connectivity index (χ2n) is 5.56. The van der Waals surface area contributed by atoms with Gasteiger partial charge in [0.2, 0.25) is 0 Å². The first-order valence-electron chi connectivity index (χ1n) is 7.52. The van der Waals surface area contributed by atoms with Gasteiger partial charge in [-0.05, 0) is 42.5 Å². The minimum absolute atomic E-state index is 0.282. The average molecular weight is 377 g/mol. The van der Waals surface area contributed by atoms with E-state index in [0.29, 0.717) is 0 Å². The molecule has 0 N–H and O–H groups in total. The van der Waals surface area contributed by atoms with Crippen LogP contribution in [0.5, 0.6) is 5.75 Å². The SMILES string of the molecule is COc1ccc(-n2nc(CCl)cc2-c2ccc(S(C)(=O)=O)cc2)cc1. The number of ether oxygens (including phenoxy) is 1. The Balaban J connectivity index is 2.08. The lowest BCUT2D eigenvalue weighted by molar-refractivity contribution is 0.414. The van der Waals surface area contributed by atoms with E-state index in [1.54, 1.807) is 36.1 Å². The van der Waals surface area contributed by atoms with E-state index in [1.165, 1.54) is 6.26 Å². The normalized spacial score (nSPS) is 11.5. The minimum atomic E-state index is -3.23. The molecule has 0 saturated carbocycles. The monoisotopic (exact) mass is 376 g/mol. The lowest BCUT2D eigenvalue weighted by atomic mass is 10.1. The van der Waals surface area contributed by atoms with Crippen molar-refractivity contribution in [1.82, 2.24) is 9.78 Å². The van der Waals surface area contributed by atoms with Gasteiger partial charge < -0.3 is 4.74 Å². The topological polar surface area (TPSA) is 61.2 Å². The largest absolute Gasteiger partial charge is 0.497 e. The van der Waals surface area contributed by atoms with Gasteiger partial charge in [0, 0.05) is 11.8 Å². The molecule has 0 fully saturated rings. The van der Waals surface area contributed by atoms with Crippen LogP contribution in [0.15, 0.2) is 59.5 Å². The zero-order chi connectivity index (χ0) is 18.0. The first kappa shape index (κ1) is 17.5. The Morgan fingerprint density at radius 3 is 2.24 bits per heavy atom. The molecule has 0 aliphatic heterocycles. The molecule has 1 heterocycles. The lowest BCUT2D eigenvalue weighted by Crippen LogP contribution is -2.00. The van der Waals surface area contributed by atoms with Gasteiger partial charge in [-0.15, -0.1) is 11.6 Å². The van der Waals surface area contributed by atoms with Crippen molar-refractivity contribution in [2.75, 3.05) is 13.4 Å². The molecule has 0 aliphatic carbocycles. The third-order valence-corrected chi connectivity index (χ3v) is 5.19. The van der Waals surface area contributed by atoms with Crippen LogP contribution in [-0.4, -0.2) is 31.6 Å². The molecule has 3 rings (SSSR count). The van der Waals surface area contributed by atoms with Gasteiger partial charge in [-0.2, -0.15) is 5.10 Å². The van der Waals surface area contributed by atoms with Crippen molar-refractivity contribution in [2.45, 2.75) is 10.8 Å². The Kier molecular flexibility index (Phi) is 4.83. The van der Waals surface area contributed by atoms with Gasteiger partial charge in [0.1, 0.15) is 5.75 Å². The number of nitrogens with zero attached hydrogens (tertiary/aromatic N) is 2. The number of sulfone groups is 1. The predicted molar refractivity (Wildman–Crippen MR) is 98.2 cm³/mol. The zero-order valence-corrected chi connectivity index (χ0v) is 15.4. The van der Waals surface area contributed by atoms with E-state index in [1.807, 2.05) is 30.3 Å². The fourth-order valence-electron chi connectivity index (χ4n) is 2.49. The third kappa shape index (κ3) is 3.70. The van der Waals surface area contributed by atoms with Crippen LogP contribution in [0, 0.1) is 0 Å². The molecule has 1 aromatic heterocycles. The highest BCUT2D eigenvalue weighted by Gasteiger charge is 2.13. The average Bonchev–Trinajstić information content (AvgIpc) is 3.05. The highest BCUT2D eigenvalue weighted by Crippen LogP contribution is 2.26. The Hall–Kier alpha value is -2.31. The van der Waals surface area contributed by atoms with Crippen LogP contribution in [0.4, 0.5) is 0 Å². The summed E-state index contributed by atoms with van der Waals surface area (Å²) in [7, 11) is -1.61. The Labute approximate surface area is 151 Å². The minimum Gasteiger partial charge on any atom is -0.497 e. The number of hydrogen-bond donors (Lipinski definition) is 0. The standard InChI is InChI=1S/C18H17ClN2O3S/c1-24-16-7-5-15(6-8-16)21-18(11-14(12-19)20-21)13-3-9-17(10-4-13)25(2,22)23/h3-11H,12H2,1-2H3. The second-order valence-corrected chi connectivity index (χ2v) is 7.84. The summed E-state index contributed by atoms with van der Waals surface area (Å²) in [6.07, 6.45) is 1.19. The quantitative estimate of drug-likeness (QED) is 0.637. The summed E-state index contributed by atoms with van der Waals surface area (Å²) in [5.41, 5.74) is 3.28. The highest BCUT2D eigenvalue weighted by atomic mass is 35.5. The highest BCUT2D eigenvalue weighted by molar-refractivity contribution is 7.90. The fraction of sp³-hybridized carbons (Fsp3) is 0.167. The molecule has 0 bridgehead atoms. The molecule has 5 nitrogen and oxygen atoms in total. The molecule has 2 aromatic carbocycles. The summed E-state index contributed by atoms with van der Waals surface area (Å²) in [5, 5.41) is 4.53. The van der Waals surface area contributed by atoms with Gasteiger partial charge in [-0.1, -0.05) is 12.1 Å². The Morgan fingerprint density at radius 1 is 1.08 bits per heavy atom. The fourth-order valence-corrected chi connectivity index (χ4v) is 3.26. The van der Waals surface area contributed by atoms with Crippen LogP contribution >= 0.6 is 11.6 Å². The molecule has 0 amide bonds. The number of hydrogen-bond acceptors (Lipinski definition) is 4. The summed E-state index contributed by atoms with van der Waals surface area (Å²) < 4.78 is 30.2. The number of alkyl halides is 1.